The summed E-state index contributed by atoms with van der Waals surface area (Å²) in [6.45, 7) is 19.8. The van der Waals surface area contributed by atoms with E-state index in [1.54, 1.807) is 24.0 Å². The molecule has 214 valence electrons. The summed E-state index contributed by atoms with van der Waals surface area (Å²) in [6, 6.07) is 7.69. The Morgan fingerprint density at radius 2 is 1.98 bits per heavy atom. The number of aryl methyl sites for hydroxylation is 1. The molecule has 9 nitrogen and oxygen atoms in total. The van der Waals surface area contributed by atoms with Crippen molar-refractivity contribution in [1.29, 1.82) is 5.26 Å². The summed E-state index contributed by atoms with van der Waals surface area (Å²) in [5, 5.41) is 27.4. The molecule has 2 N–H and O–H groups in total. The van der Waals surface area contributed by atoms with E-state index in [2.05, 4.69) is 40.6 Å². The number of allylic oxidation sites excluding steroid dienone is 7. The van der Waals surface area contributed by atoms with E-state index in [4.69, 9.17) is 4.74 Å². The third-order valence-corrected chi connectivity index (χ3v) is 6.48. The molecule has 41 heavy (non-hydrogen) atoms. The van der Waals surface area contributed by atoms with Crippen LogP contribution in [0.25, 0.3) is 22.4 Å². The van der Waals surface area contributed by atoms with Gasteiger partial charge in [-0.05, 0) is 78.1 Å². The topological polar surface area (TPSA) is 113 Å². The van der Waals surface area contributed by atoms with Crippen LogP contribution in [0.15, 0.2) is 77.4 Å². The van der Waals surface area contributed by atoms with Gasteiger partial charge in [-0.25, -0.2) is 9.67 Å². The SMILES string of the molecule is C=N/C(C)=C\C=C(/C)Nc1cc2ncn(/C(C)=C/C=C(\C(=C)n3nc(C#N)cc3C)C(C)O)c2cc1OCCCC. The standard InChI is InChI=1S/C32H39N7O2/c1-9-10-15-41-32-18-31-29(17-30(32)36-22(3)12-11-21(2)34-8)35-20-38(31)23(4)13-14-28(26(7)40)25(6)39-24(5)16-27(19-33)37-39/h11-14,16-18,20,26,36,40H,6,8-10,15H2,1-5,7H3/b21-11-,22-12+,23-13+,28-14+. The molecule has 0 bridgehead atoms. The van der Waals surface area contributed by atoms with Crippen LogP contribution in [0.3, 0.4) is 0 Å². The highest BCUT2D eigenvalue weighted by Crippen LogP contribution is 2.32. The summed E-state index contributed by atoms with van der Waals surface area (Å²) in [6.07, 6.45) is 10.5. The van der Waals surface area contributed by atoms with E-state index in [9.17, 15) is 10.4 Å². The Kier molecular flexibility index (Phi) is 10.6. The van der Waals surface area contributed by atoms with Crippen molar-refractivity contribution in [3.63, 3.8) is 0 Å². The number of nitriles is 1. The Balaban J connectivity index is 2.00. The lowest BCUT2D eigenvalue weighted by atomic mass is 10.1. The minimum Gasteiger partial charge on any atom is -0.491 e. The van der Waals surface area contributed by atoms with Crippen LogP contribution in [0.5, 0.6) is 5.75 Å². The predicted octanol–water partition coefficient (Wildman–Crippen LogP) is 6.85. The Labute approximate surface area is 242 Å². The molecule has 0 amide bonds. The number of imidazole rings is 1. The Morgan fingerprint density at radius 1 is 1.22 bits per heavy atom. The molecule has 1 unspecified atom stereocenters. The van der Waals surface area contributed by atoms with Crippen LogP contribution in [0, 0.1) is 18.3 Å². The number of aliphatic imine (C=N–C) groups is 1. The molecule has 0 aliphatic rings. The van der Waals surface area contributed by atoms with Crippen LogP contribution >= 0.6 is 0 Å². The number of aliphatic hydroxyl groups is 1. The number of benzene rings is 1. The molecule has 0 aliphatic carbocycles. The van der Waals surface area contributed by atoms with Crippen molar-refractivity contribution in [2.24, 2.45) is 4.99 Å². The number of anilines is 1. The first-order valence-corrected chi connectivity index (χ1v) is 13.6. The molecule has 0 spiro atoms. The molecule has 0 fully saturated rings. The van der Waals surface area contributed by atoms with Crippen molar-refractivity contribution in [1.82, 2.24) is 19.3 Å². The fourth-order valence-corrected chi connectivity index (χ4v) is 4.11. The monoisotopic (exact) mass is 553 g/mol. The van der Waals surface area contributed by atoms with E-state index in [-0.39, 0.29) is 0 Å². The molecular formula is C32H39N7O2. The first kappa shape index (κ1) is 30.9. The Bertz CT molecular complexity index is 1590. The number of fused-ring (bicyclic) bond motifs is 1. The van der Waals surface area contributed by atoms with Crippen molar-refractivity contribution in [2.75, 3.05) is 11.9 Å². The van der Waals surface area contributed by atoms with Crippen LogP contribution in [0.1, 0.15) is 58.8 Å². The molecule has 0 saturated carbocycles. The minimum absolute atomic E-state index is 0.294. The fourth-order valence-electron chi connectivity index (χ4n) is 4.11. The lowest BCUT2D eigenvalue weighted by Crippen LogP contribution is -2.12. The highest BCUT2D eigenvalue weighted by atomic mass is 16.5. The molecule has 1 atom stereocenters. The fraction of sp³-hybridized carbons (Fsp3) is 0.312. The van der Waals surface area contributed by atoms with Gasteiger partial charge in [0.15, 0.2) is 5.69 Å². The van der Waals surface area contributed by atoms with Gasteiger partial charge in [-0.1, -0.05) is 26.0 Å². The number of ether oxygens (including phenoxy) is 1. The minimum atomic E-state index is -0.801. The van der Waals surface area contributed by atoms with Crippen LogP contribution in [0.4, 0.5) is 5.69 Å². The first-order valence-electron chi connectivity index (χ1n) is 13.6. The van der Waals surface area contributed by atoms with E-state index in [0.29, 0.717) is 23.6 Å². The molecule has 0 radical (unpaired) electrons. The quantitative estimate of drug-likeness (QED) is 0.136. The van der Waals surface area contributed by atoms with Crippen LogP contribution in [0.2, 0.25) is 0 Å². The highest BCUT2D eigenvalue weighted by molar-refractivity contribution is 5.86. The molecule has 9 heteroatoms. The molecule has 0 saturated heterocycles. The zero-order chi connectivity index (χ0) is 30.1. The summed E-state index contributed by atoms with van der Waals surface area (Å²) in [4.78, 5) is 8.56. The van der Waals surface area contributed by atoms with Crippen LogP contribution in [-0.2, 0) is 0 Å². The lowest BCUT2D eigenvalue weighted by Gasteiger charge is -2.15. The maximum atomic E-state index is 10.5. The molecule has 0 aliphatic heterocycles. The average molecular weight is 554 g/mol. The summed E-state index contributed by atoms with van der Waals surface area (Å²) in [7, 11) is 0. The normalized spacial score (nSPS) is 13.7. The number of nitrogens with one attached hydrogen (secondary N) is 1. The summed E-state index contributed by atoms with van der Waals surface area (Å²) >= 11 is 0. The third-order valence-electron chi connectivity index (χ3n) is 6.48. The Morgan fingerprint density at radius 3 is 2.61 bits per heavy atom. The number of unbranched alkanes of at least 4 members (excludes halogenated alkanes) is 1. The van der Waals surface area contributed by atoms with Crippen molar-refractivity contribution in [3.05, 3.63) is 83.8 Å². The van der Waals surface area contributed by atoms with E-state index >= 15 is 0 Å². The number of rotatable bonds is 13. The van der Waals surface area contributed by atoms with Crippen molar-refractivity contribution >= 4 is 34.8 Å². The molecule has 1 aromatic carbocycles. The molecule has 3 rings (SSSR count). The maximum Gasteiger partial charge on any atom is 0.163 e. The van der Waals surface area contributed by atoms with Gasteiger partial charge in [-0.3, -0.25) is 4.99 Å². The Hall–Kier alpha value is -4.68. The second-order valence-electron chi connectivity index (χ2n) is 9.84. The van der Waals surface area contributed by atoms with Crippen LogP contribution in [-0.4, -0.2) is 43.9 Å². The van der Waals surface area contributed by atoms with Gasteiger partial charge in [0.1, 0.15) is 18.1 Å². The zero-order valence-corrected chi connectivity index (χ0v) is 24.8. The third kappa shape index (κ3) is 7.71. The molecule has 2 heterocycles. The van der Waals surface area contributed by atoms with Gasteiger partial charge in [-0.15, -0.1) is 0 Å². The number of aromatic nitrogens is 4. The number of nitrogens with zero attached hydrogens (tertiary/aromatic N) is 6. The highest BCUT2D eigenvalue weighted by Gasteiger charge is 2.15. The van der Waals surface area contributed by atoms with Crippen molar-refractivity contribution in [3.8, 4) is 11.8 Å². The van der Waals surface area contributed by atoms with Gasteiger partial charge in [0.2, 0.25) is 0 Å². The maximum absolute atomic E-state index is 10.5. The molecule has 2 aromatic heterocycles. The summed E-state index contributed by atoms with van der Waals surface area (Å²) < 4.78 is 9.73. The van der Waals surface area contributed by atoms with E-state index in [1.165, 1.54) is 0 Å². The molecular weight excluding hydrogens is 514 g/mol. The van der Waals surface area contributed by atoms with Gasteiger partial charge in [0.25, 0.3) is 0 Å². The molecule has 3 aromatic rings. The van der Waals surface area contributed by atoms with E-state index < -0.39 is 6.10 Å². The second-order valence-corrected chi connectivity index (χ2v) is 9.84. The van der Waals surface area contributed by atoms with Gasteiger partial charge in [0.05, 0.1) is 35.1 Å². The van der Waals surface area contributed by atoms with Crippen LogP contribution < -0.4 is 10.1 Å². The smallest absolute Gasteiger partial charge is 0.163 e. The van der Waals surface area contributed by atoms with Gasteiger partial charge >= 0.3 is 0 Å². The number of hydrogen-bond donors (Lipinski definition) is 2. The zero-order valence-electron chi connectivity index (χ0n) is 24.8. The van der Waals surface area contributed by atoms with E-state index in [0.717, 1.165) is 58.1 Å². The van der Waals surface area contributed by atoms with Crippen molar-refractivity contribution in [2.45, 2.75) is 60.5 Å². The van der Waals surface area contributed by atoms with Gasteiger partial charge < -0.3 is 19.7 Å². The summed E-state index contributed by atoms with van der Waals surface area (Å²) in [5.41, 5.74) is 7.27. The van der Waals surface area contributed by atoms with Gasteiger partial charge in [-0.2, -0.15) is 10.4 Å². The lowest BCUT2D eigenvalue weighted by molar-refractivity contribution is 0.235. The number of hydrogen-bond acceptors (Lipinski definition) is 7. The summed E-state index contributed by atoms with van der Waals surface area (Å²) in [5.74, 6) is 0.729. The van der Waals surface area contributed by atoms with Gasteiger partial charge in [0, 0.05) is 34.4 Å². The van der Waals surface area contributed by atoms with E-state index in [1.807, 2.05) is 74.8 Å². The predicted molar refractivity (Wildman–Crippen MR) is 168 cm³/mol. The average Bonchev–Trinajstić information content (AvgIpc) is 3.54. The number of aliphatic hydroxyl groups excluding tert-OH is 1. The first-order chi connectivity index (χ1) is 19.6. The largest absolute Gasteiger partial charge is 0.491 e. The second kappa shape index (κ2) is 14.1. The van der Waals surface area contributed by atoms with Crippen molar-refractivity contribution < 1.29 is 9.84 Å².